The van der Waals surface area contributed by atoms with Crippen molar-refractivity contribution in [3.63, 3.8) is 0 Å². The molecular formula is C10H11N3O2. The Balaban J connectivity index is 2.49. The Morgan fingerprint density at radius 2 is 2.33 bits per heavy atom. The molecule has 0 spiro atoms. The Hall–Kier alpha value is -2.17. The van der Waals surface area contributed by atoms with Crippen LogP contribution >= 0.6 is 0 Å². The summed E-state index contributed by atoms with van der Waals surface area (Å²) in [5.74, 6) is -0.482. The van der Waals surface area contributed by atoms with E-state index in [2.05, 4.69) is 22.2 Å². The lowest BCUT2D eigenvalue weighted by atomic mass is 10.3. The number of aromatic nitrogens is 1. The molecule has 0 bridgehead atoms. The molecule has 1 aromatic rings. The predicted molar refractivity (Wildman–Crippen MR) is 55.3 cm³/mol. The van der Waals surface area contributed by atoms with E-state index in [0.29, 0.717) is 12.1 Å². The van der Waals surface area contributed by atoms with E-state index >= 15 is 0 Å². The van der Waals surface area contributed by atoms with Crippen molar-refractivity contribution >= 4 is 11.9 Å². The Morgan fingerprint density at radius 3 is 2.93 bits per heavy atom. The van der Waals surface area contributed by atoms with Gasteiger partial charge in [0.15, 0.2) is 0 Å². The fourth-order valence-corrected chi connectivity index (χ4v) is 0.881. The van der Waals surface area contributed by atoms with Crippen LogP contribution in [0.25, 0.3) is 0 Å². The molecule has 2 N–H and O–H groups in total. The summed E-state index contributed by atoms with van der Waals surface area (Å²) in [7, 11) is 0. The molecule has 0 aliphatic carbocycles. The van der Waals surface area contributed by atoms with E-state index in [-0.39, 0.29) is 0 Å². The summed E-state index contributed by atoms with van der Waals surface area (Å²) in [6.45, 7) is 3.74. The molecule has 0 aliphatic rings. The molecule has 0 aromatic carbocycles. The second-order valence-corrected chi connectivity index (χ2v) is 2.69. The maximum absolute atomic E-state index is 11.4. The zero-order valence-electron chi connectivity index (χ0n) is 8.06. The molecule has 0 aliphatic heterocycles. The molecule has 1 aromatic heterocycles. The van der Waals surface area contributed by atoms with Crippen LogP contribution in [0.4, 0.5) is 4.79 Å². The van der Waals surface area contributed by atoms with Crippen molar-refractivity contribution in [1.82, 2.24) is 15.6 Å². The van der Waals surface area contributed by atoms with Crippen molar-refractivity contribution in [3.8, 4) is 0 Å². The maximum atomic E-state index is 11.4. The number of imide groups is 1. The topological polar surface area (TPSA) is 71.1 Å². The molecule has 0 atom stereocenters. The number of carbonyl (C=O) groups excluding carboxylic acids is 2. The van der Waals surface area contributed by atoms with Gasteiger partial charge in [0, 0.05) is 18.9 Å². The highest BCUT2D eigenvalue weighted by atomic mass is 16.2. The van der Waals surface area contributed by atoms with Crippen molar-refractivity contribution < 1.29 is 9.59 Å². The Bertz CT molecular complexity index is 362. The highest BCUT2D eigenvalue weighted by Gasteiger charge is 2.08. The van der Waals surface area contributed by atoms with Gasteiger partial charge in [0.2, 0.25) is 0 Å². The van der Waals surface area contributed by atoms with Gasteiger partial charge in [-0.1, -0.05) is 6.08 Å². The number of nitrogens with one attached hydrogen (secondary N) is 2. The standard InChI is InChI=1S/C10H11N3O2/c1-2-5-12-10(15)13-9(14)8-4-3-6-11-7-8/h2-4,6-7H,1,5H2,(H2,12,13,14,15). The molecule has 0 radical (unpaired) electrons. The number of urea groups is 1. The van der Waals surface area contributed by atoms with Crippen LogP contribution in [0.2, 0.25) is 0 Å². The van der Waals surface area contributed by atoms with Gasteiger partial charge >= 0.3 is 6.03 Å². The summed E-state index contributed by atoms with van der Waals surface area (Å²) in [5.41, 5.74) is 0.339. The van der Waals surface area contributed by atoms with Crippen LogP contribution in [0, 0.1) is 0 Å². The molecule has 0 fully saturated rings. The predicted octanol–water partition coefficient (Wildman–Crippen LogP) is 0.707. The minimum atomic E-state index is -0.552. The number of carbonyl (C=O) groups is 2. The van der Waals surface area contributed by atoms with E-state index in [1.807, 2.05) is 0 Å². The van der Waals surface area contributed by atoms with Crippen LogP contribution in [0.3, 0.4) is 0 Å². The first-order chi connectivity index (χ1) is 7.24. The van der Waals surface area contributed by atoms with Gasteiger partial charge in [-0.25, -0.2) is 4.79 Å². The summed E-state index contributed by atoms with van der Waals surface area (Å²) < 4.78 is 0. The van der Waals surface area contributed by atoms with Crippen molar-refractivity contribution in [2.75, 3.05) is 6.54 Å². The quantitative estimate of drug-likeness (QED) is 0.714. The summed E-state index contributed by atoms with van der Waals surface area (Å²) >= 11 is 0. The van der Waals surface area contributed by atoms with Crippen molar-refractivity contribution in [2.24, 2.45) is 0 Å². The molecule has 0 saturated heterocycles. The fraction of sp³-hybridized carbons (Fsp3) is 0.100. The third-order valence-electron chi connectivity index (χ3n) is 1.56. The molecule has 0 saturated carbocycles. The highest BCUT2D eigenvalue weighted by Crippen LogP contribution is 1.94. The third-order valence-corrected chi connectivity index (χ3v) is 1.56. The smallest absolute Gasteiger partial charge is 0.321 e. The number of hydrogen-bond acceptors (Lipinski definition) is 3. The monoisotopic (exact) mass is 205 g/mol. The second kappa shape index (κ2) is 5.54. The van der Waals surface area contributed by atoms with Crippen molar-refractivity contribution in [1.29, 1.82) is 0 Å². The minimum absolute atomic E-state index is 0.312. The summed E-state index contributed by atoms with van der Waals surface area (Å²) in [4.78, 5) is 26.2. The lowest BCUT2D eigenvalue weighted by molar-refractivity contribution is 0.0964. The van der Waals surface area contributed by atoms with Crippen LogP contribution < -0.4 is 10.6 Å². The summed E-state index contributed by atoms with van der Waals surface area (Å²) in [5, 5.41) is 4.58. The van der Waals surface area contributed by atoms with Crippen LogP contribution in [0.1, 0.15) is 10.4 Å². The molecule has 1 heterocycles. The molecule has 1 rings (SSSR count). The lowest BCUT2D eigenvalue weighted by Gasteiger charge is -2.03. The van der Waals surface area contributed by atoms with E-state index in [1.54, 1.807) is 18.3 Å². The molecule has 3 amide bonds. The second-order valence-electron chi connectivity index (χ2n) is 2.69. The zero-order valence-corrected chi connectivity index (χ0v) is 8.06. The molecule has 0 unspecified atom stereocenters. The molecule has 15 heavy (non-hydrogen) atoms. The Labute approximate surface area is 87.2 Å². The SMILES string of the molecule is C=CCNC(=O)NC(=O)c1cccnc1. The van der Waals surface area contributed by atoms with Crippen LogP contribution in [0.15, 0.2) is 37.2 Å². The Morgan fingerprint density at radius 1 is 1.53 bits per heavy atom. The maximum Gasteiger partial charge on any atom is 0.321 e. The van der Waals surface area contributed by atoms with Crippen LogP contribution in [-0.4, -0.2) is 23.5 Å². The van der Waals surface area contributed by atoms with Gasteiger partial charge in [-0.05, 0) is 12.1 Å². The van der Waals surface area contributed by atoms with Gasteiger partial charge in [0.25, 0.3) is 5.91 Å². The van der Waals surface area contributed by atoms with Crippen LogP contribution in [0.5, 0.6) is 0 Å². The first kappa shape index (κ1) is 10.9. The van der Waals surface area contributed by atoms with Gasteiger partial charge in [0.05, 0.1) is 5.56 Å². The number of pyridine rings is 1. The number of hydrogen-bond donors (Lipinski definition) is 2. The molecule has 5 heteroatoms. The average Bonchev–Trinajstić information content (AvgIpc) is 2.27. The first-order valence-corrected chi connectivity index (χ1v) is 4.34. The van der Waals surface area contributed by atoms with Gasteiger partial charge in [-0.3, -0.25) is 15.1 Å². The summed E-state index contributed by atoms with van der Waals surface area (Å²) in [6, 6.07) is 2.64. The zero-order chi connectivity index (χ0) is 11.1. The Kier molecular flexibility index (Phi) is 4.03. The van der Waals surface area contributed by atoms with Crippen molar-refractivity contribution in [2.45, 2.75) is 0 Å². The molecular weight excluding hydrogens is 194 g/mol. The summed E-state index contributed by atoms with van der Waals surface area (Å²) in [6.07, 6.45) is 4.46. The first-order valence-electron chi connectivity index (χ1n) is 4.34. The van der Waals surface area contributed by atoms with E-state index in [9.17, 15) is 9.59 Å². The fourth-order valence-electron chi connectivity index (χ4n) is 0.881. The molecule has 78 valence electrons. The molecule has 5 nitrogen and oxygen atoms in total. The van der Waals surface area contributed by atoms with E-state index in [1.165, 1.54) is 12.3 Å². The van der Waals surface area contributed by atoms with Gasteiger partial charge in [0.1, 0.15) is 0 Å². The van der Waals surface area contributed by atoms with E-state index in [0.717, 1.165) is 0 Å². The van der Waals surface area contributed by atoms with Crippen LogP contribution in [-0.2, 0) is 0 Å². The average molecular weight is 205 g/mol. The van der Waals surface area contributed by atoms with Crippen molar-refractivity contribution in [3.05, 3.63) is 42.7 Å². The number of rotatable bonds is 3. The van der Waals surface area contributed by atoms with Gasteiger partial charge in [-0.2, -0.15) is 0 Å². The van der Waals surface area contributed by atoms with Gasteiger partial charge < -0.3 is 5.32 Å². The van der Waals surface area contributed by atoms with E-state index in [4.69, 9.17) is 0 Å². The highest BCUT2D eigenvalue weighted by molar-refractivity contribution is 6.03. The van der Waals surface area contributed by atoms with Gasteiger partial charge in [-0.15, -0.1) is 6.58 Å². The minimum Gasteiger partial charge on any atom is -0.334 e. The largest absolute Gasteiger partial charge is 0.334 e. The number of nitrogens with zero attached hydrogens (tertiary/aromatic N) is 1. The lowest BCUT2D eigenvalue weighted by Crippen LogP contribution is -2.39. The number of amides is 3. The normalized spacial score (nSPS) is 9.07. The van der Waals surface area contributed by atoms with E-state index < -0.39 is 11.9 Å². The third kappa shape index (κ3) is 3.60.